The largest absolute Gasteiger partial charge is 0.484 e. The van der Waals surface area contributed by atoms with Crippen LogP contribution < -0.4 is 15.4 Å². The third-order valence-electron chi connectivity index (χ3n) is 4.63. The number of benzene rings is 1. The molecule has 0 aliphatic rings. The Morgan fingerprint density at radius 2 is 1.90 bits per heavy atom. The number of amides is 2. The average Bonchev–Trinajstić information content (AvgIpc) is 2.71. The van der Waals surface area contributed by atoms with E-state index in [9.17, 15) is 14.0 Å². The number of rotatable bonds is 10. The van der Waals surface area contributed by atoms with Crippen molar-refractivity contribution in [3.63, 3.8) is 0 Å². The molecule has 0 aliphatic heterocycles. The van der Waals surface area contributed by atoms with Gasteiger partial charge in [0.1, 0.15) is 19.2 Å². The Hall–Kier alpha value is -3.16. The van der Waals surface area contributed by atoms with E-state index in [1.165, 1.54) is 19.2 Å². The first-order valence-electron chi connectivity index (χ1n) is 9.92. The van der Waals surface area contributed by atoms with E-state index < -0.39 is 5.57 Å². The monoisotopic (exact) mass is 423 g/mol. The number of aryl methyl sites for hydroxylation is 2. The highest BCUT2D eigenvalue weighted by molar-refractivity contribution is 6.14. The van der Waals surface area contributed by atoms with E-state index in [1.807, 2.05) is 32.0 Å². The summed E-state index contributed by atoms with van der Waals surface area (Å²) < 4.78 is 19.1. The normalized spacial score (nSPS) is 12.5. The fourth-order valence-corrected chi connectivity index (χ4v) is 2.62. The van der Waals surface area contributed by atoms with Crippen molar-refractivity contribution < 1.29 is 18.7 Å². The molecule has 162 valence electrons. The SMILES string of the molecule is [B]C(C)(F)c1ccc(CNC(=O)CCC(=C)NC(=O)COc2ccc(C)c(C)c2)cn1. The fourth-order valence-electron chi connectivity index (χ4n) is 2.62. The topological polar surface area (TPSA) is 80.3 Å². The summed E-state index contributed by atoms with van der Waals surface area (Å²) in [4.78, 5) is 28.0. The van der Waals surface area contributed by atoms with Gasteiger partial charge in [-0.2, -0.15) is 0 Å². The zero-order valence-corrected chi connectivity index (χ0v) is 18.1. The molecule has 2 aromatic rings. The van der Waals surface area contributed by atoms with Crippen molar-refractivity contribution in [2.45, 2.75) is 45.7 Å². The third-order valence-corrected chi connectivity index (χ3v) is 4.63. The standard InChI is InChI=1S/C23H27BFN3O3/c1-15-5-8-19(11-16(15)2)31-14-22(30)28-17(3)6-10-21(29)27-13-18-7-9-20(26-12-18)23(4,24)25/h5,7-9,11-12H,3,6,10,13-14H2,1-2,4H3,(H,27,29)(H,28,30). The molecule has 1 atom stereocenters. The van der Waals surface area contributed by atoms with Crippen LogP contribution >= 0.6 is 0 Å². The maximum atomic E-state index is 13.6. The number of pyridine rings is 1. The van der Waals surface area contributed by atoms with Gasteiger partial charge in [-0.05, 0) is 62.1 Å². The molecule has 2 N–H and O–H groups in total. The smallest absolute Gasteiger partial charge is 0.262 e. The van der Waals surface area contributed by atoms with E-state index in [0.29, 0.717) is 17.9 Å². The van der Waals surface area contributed by atoms with Crippen molar-refractivity contribution in [2.24, 2.45) is 0 Å². The summed E-state index contributed by atoms with van der Waals surface area (Å²) in [5.74, 6) is 0.0722. The van der Waals surface area contributed by atoms with Crippen LogP contribution in [0.2, 0.25) is 0 Å². The van der Waals surface area contributed by atoms with Gasteiger partial charge in [-0.3, -0.25) is 14.6 Å². The van der Waals surface area contributed by atoms with Gasteiger partial charge >= 0.3 is 0 Å². The van der Waals surface area contributed by atoms with Crippen molar-refractivity contribution in [3.8, 4) is 5.75 Å². The summed E-state index contributed by atoms with van der Waals surface area (Å²) in [7, 11) is 5.35. The lowest BCUT2D eigenvalue weighted by Crippen LogP contribution is -2.29. The van der Waals surface area contributed by atoms with E-state index in [0.717, 1.165) is 16.7 Å². The molecule has 31 heavy (non-hydrogen) atoms. The predicted molar refractivity (Wildman–Crippen MR) is 118 cm³/mol. The lowest BCUT2D eigenvalue weighted by atomic mass is 9.82. The molecule has 1 aromatic heterocycles. The zero-order valence-electron chi connectivity index (χ0n) is 18.1. The van der Waals surface area contributed by atoms with E-state index in [4.69, 9.17) is 12.6 Å². The Morgan fingerprint density at radius 1 is 1.16 bits per heavy atom. The molecule has 1 heterocycles. The minimum atomic E-state index is -2.00. The number of nitrogens with one attached hydrogen (secondary N) is 2. The Kier molecular flexibility index (Phi) is 8.36. The van der Waals surface area contributed by atoms with Crippen LogP contribution in [0.4, 0.5) is 4.39 Å². The number of halogens is 1. The number of hydrogen-bond acceptors (Lipinski definition) is 4. The molecule has 0 fully saturated rings. The van der Waals surface area contributed by atoms with E-state index >= 15 is 0 Å². The molecule has 2 rings (SSSR count). The van der Waals surface area contributed by atoms with Crippen molar-refractivity contribution in [3.05, 3.63) is 71.2 Å². The lowest BCUT2D eigenvalue weighted by molar-refractivity contribution is -0.123. The molecular formula is C23H27BFN3O3. The average molecular weight is 423 g/mol. The maximum Gasteiger partial charge on any atom is 0.262 e. The zero-order chi connectivity index (χ0) is 23.0. The Labute approximate surface area is 183 Å². The number of hydrogen-bond donors (Lipinski definition) is 2. The van der Waals surface area contributed by atoms with Gasteiger partial charge in [-0.1, -0.05) is 18.7 Å². The quantitative estimate of drug-likeness (QED) is 0.576. The number of carbonyl (C=O) groups excluding carboxylic acids is 2. The molecule has 6 nitrogen and oxygen atoms in total. The van der Waals surface area contributed by atoms with Crippen molar-refractivity contribution in [2.75, 3.05) is 6.61 Å². The second-order valence-electron chi connectivity index (χ2n) is 7.59. The second kappa shape index (κ2) is 10.7. The molecule has 1 aromatic carbocycles. The minimum Gasteiger partial charge on any atom is -0.484 e. The summed E-state index contributed by atoms with van der Waals surface area (Å²) in [5.41, 5.74) is 1.50. The van der Waals surface area contributed by atoms with Gasteiger partial charge in [-0.15, -0.1) is 0 Å². The predicted octanol–water partition coefficient (Wildman–Crippen LogP) is 3.11. The van der Waals surface area contributed by atoms with E-state index in [2.05, 4.69) is 22.2 Å². The molecule has 1 unspecified atom stereocenters. The fraction of sp³-hybridized carbons (Fsp3) is 0.348. The van der Waals surface area contributed by atoms with Crippen LogP contribution in [0.25, 0.3) is 0 Å². The summed E-state index contributed by atoms with van der Waals surface area (Å²) in [5, 5.41) is 5.37. The molecule has 0 saturated heterocycles. The molecule has 0 spiro atoms. The number of alkyl halides is 1. The Morgan fingerprint density at radius 3 is 2.52 bits per heavy atom. The number of carbonyl (C=O) groups is 2. The highest BCUT2D eigenvalue weighted by Crippen LogP contribution is 2.19. The van der Waals surface area contributed by atoms with Crippen molar-refractivity contribution in [1.82, 2.24) is 15.6 Å². The van der Waals surface area contributed by atoms with Gasteiger partial charge < -0.3 is 15.4 Å². The summed E-state index contributed by atoms with van der Waals surface area (Å²) >= 11 is 0. The maximum absolute atomic E-state index is 13.6. The van der Waals surface area contributed by atoms with Crippen LogP contribution in [0.15, 0.2) is 48.8 Å². The van der Waals surface area contributed by atoms with Crippen LogP contribution in [-0.2, 0) is 21.7 Å². The summed E-state index contributed by atoms with van der Waals surface area (Å²) in [6.07, 6.45) is 1.93. The Bertz CT molecular complexity index is 940. The number of ether oxygens (including phenoxy) is 1. The van der Waals surface area contributed by atoms with Gasteiger partial charge in [0, 0.05) is 24.9 Å². The summed E-state index contributed by atoms with van der Waals surface area (Å²) in [6, 6.07) is 8.75. The molecule has 8 heteroatoms. The van der Waals surface area contributed by atoms with Crippen LogP contribution in [0.3, 0.4) is 0 Å². The van der Waals surface area contributed by atoms with Crippen LogP contribution in [0.5, 0.6) is 5.75 Å². The molecule has 0 saturated carbocycles. The number of aromatic nitrogens is 1. The highest BCUT2D eigenvalue weighted by atomic mass is 19.1. The first-order valence-corrected chi connectivity index (χ1v) is 9.92. The van der Waals surface area contributed by atoms with Crippen molar-refractivity contribution in [1.29, 1.82) is 0 Å². The van der Waals surface area contributed by atoms with E-state index in [-0.39, 0.29) is 37.1 Å². The molecule has 0 bridgehead atoms. The molecule has 2 radical (unpaired) electrons. The molecule has 2 amide bonds. The number of allylic oxidation sites excluding steroid dienone is 1. The first-order chi connectivity index (χ1) is 14.5. The van der Waals surface area contributed by atoms with Gasteiger partial charge in [0.25, 0.3) is 5.91 Å². The number of nitrogens with zero attached hydrogens (tertiary/aromatic N) is 1. The highest BCUT2D eigenvalue weighted by Gasteiger charge is 2.19. The van der Waals surface area contributed by atoms with E-state index in [1.54, 1.807) is 6.07 Å². The third kappa shape index (κ3) is 8.24. The van der Waals surface area contributed by atoms with Gasteiger partial charge in [0.15, 0.2) is 6.61 Å². The Balaban J connectivity index is 1.67. The van der Waals surface area contributed by atoms with Gasteiger partial charge in [0.2, 0.25) is 5.91 Å². The molecule has 0 aliphatic carbocycles. The van der Waals surface area contributed by atoms with Gasteiger partial charge in [0.05, 0.1) is 5.69 Å². The molecular weight excluding hydrogens is 396 g/mol. The first kappa shape index (κ1) is 24.1. The van der Waals surface area contributed by atoms with Gasteiger partial charge in [-0.25, -0.2) is 4.39 Å². The van der Waals surface area contributed by atoms with Crippen LogP contribution in [0.1, 0.15) is 42.1 Å². The minimum absolute atomic E-state index is 0.121. The van der Waals surface area contributed by atoms with Crippen molar-refractivity contribution >= 4 is 19.7 Å². The second-order valence-corrected chi connectivity index (χ2v) is 7.59. The lowest BCUT2D eigenvalue weighted by Gasteiger charge is -2.14. The van der Waals surface area contributed by atoms with Crippen LogP contribution in [0, 0.1) is 13.8 Å². The van der Waals surface area contributed by atoms with Crippen LogP contribution in [-0.4, -0.2) is 31.3 Å². The summed E-state index contributed by atoms with van der Waals surface area (Å²) in [6.45, 7) is 9.08.